The van der Waals surface area contributed by atoms with Crippen LogP contribution in [0.4, 0.5) is 0 Å². The van der Waals surface area contributed by atoms with E-state index in [4.69, 9.17) is 23.8 Å². The van der Waals surface area contributed by atoms with Crippen molar-refractivity contribution in [3.63, 3.8) is 0 Å². The van der Waals surface area contributed by atoms with Crippen molar-refractivity contribution >= 4 is 29.7 Å². The Kier molecular flexibility index (Phi) is 6.30. The minimum absolute atomic E-state index is 0.0692. The number of rotatable bonds is 6. The monoisotopic (exact) mass is 448 g/mol. The molecule has 0 radical (unpaired) electrons. The van der Waals surface area contributed by atoms with Gasteiger partial charge in [0.2, 0.25) is 5.91 Å². The van der Waals surface area contributed by atoms with Crippen molar-refractivity contribution in [2.24, 2.45) is 0 Å². The lowest BCUT2D eigenvalue weighted by Gasteiger charge is -2.16. The van der Waals surface area contributed by atoms with Gasteiger partial charge in [-0.2, -0.15) is 5.10 Å². The predicted molar refractivity (Wildman–Crippen MR) is 126 cm³/mol. The molecule has 7 heteroatoms. The molecular weight excluding hydrogens is 428 g/mol. The van der Waals surface area contributed by atoms with Crippen molar-refractivity contribution in [2.75, 3.05) is 0 Å². The van der Waals surface area contributed by atoms with E-state index in [1.54, 1.807) is 16.7 Å². The average molecular weight is 449 g/mol. The summed E-state index contributed by atoms with van der Waals surface area (Å²) in [5, 5.41) is 10.7. The molecule has 0 aliphatic carbocycles. The van der Waals surface area contributed by atoms with Gasteiger partial charge in [0.25, 0.3) is 0 Å². The third kappa shape index (κ3) is 4.93. The average Bonchev–Trinajstić information content (AvgIpc) is 3.15. The highest BCUT2D eigenvalue weighted by atomic mass is 35.5. The first-order valence-electron chi connectivity index (χ1n) is 9.87. The number of halogens is 1. The van der Waals surface area contributed by atoms with Crippen molar-refractivity contribution in [1.29, 1.82) is 0 Å². The van der Waals surface area contributed by atoms with Gasteiger partial charge < -0.3 is 5.32 Å². The third-order valence-corrected chi connectivity index (χ3v) is 5.62. The van der Waals surface area contributed by atoms with Gasteiger partial charge >= 0.3 is 0 Å². The number of H-pyrrole nitrogens is 1. The summed E-state index contributed by atoms with van der Waals surface area (Å²) >= 11 is 11.3. The minimum Gasteiger partial charge on any atom is -0.348 e. The summed E-state index contributed by atoms with van der Waals surface area (Å²) in [6.45, 7) is 2.03. The van der Waals surface area contributed by atoms with Crippen molar-refractivity contribution in [3.05, 3.63) is 94.2 Å². The Labute approximate surface area is 190 Å². The Balaban J connectivity index is 1.45. The fraction of sp³-hybridized carbons (Fsp3) is 0.125. The van der Waals surface area contributed by atoms with Crippen LogP contribution in [0.3, 0.4) is 0 Å². The van der Waals surface area contributed by atoms with E-state index < -0.39 is 0 Å². The first kappa shape index (κ1) is 21.0. The summed E-state index contributed by atoms with van der Waals surface area (Å²) in [5.41, 5.74) is 4.16. The van der Waals surface area contributed by atoms with E-state index in [0.29, 0.717) is 15.6 Å². The quantitative estimate of drug-likeness (QED) is 0.366. The van der Waals surface area contributed by atoms with Crippen molar-refractivity contribution in [2.45, 2.75) is 19.5 Å². The van der Waals surface area contributed by atoms with Crippen LogP contribution in [0.5, 0.6) is 0 Å². The Morgan fingerprint density at radius 1 is 1.00 bits per heavy atom. The number of nitrogens with zero attached hydrogens (tertiary/aromatic N) is 2. The Morgan fingerprint density at radius 2 is 1.61 bits per heavy atom. The van der Waals surface area contributed by atoms with Gasteiger partial charge in [-0.15, -0.1) is 0 Å². The van der Waals surface area contributed by atoms with Crippen LogP contribution in [-0.4, -0.2) is 20.7 Å². The highest BCUT2D eigenvalue weighted by Crippen LogP contribution is 2.22. The highest BCUT2D eigenvalue weighted by Gasteiger charge is 2.15. The minimum atomic E-state index is -0.146. The van der Waals surface area contributed by atoms with E-state index in [9.17, 15) is 4.79 Å². The fourth-order valence-corrected chi connectivity index (χ4v) is 3.72. The smallest absolute Gasteiger partial charge is 0.240 e. The second-order valence-corrected chi connectivity index (χ2v) is 8.05. The van der Waals surface area contributed by atoms with Gasteiger partial charge in [0.1, 0.15) is 6.54 Å². The molecule has 2 N–H and O–H groups in total. The van der Waals surface area contributed by atoms with Gasteiger partial charge in [0.15, 0.2) is 10.6 Å². The van der Waals surface area contributed by atoms with Crippen LogP contribution in [0.1, 0.15) is 18.5 Å². The Bertz CT molecular complexity index is 1230. The molecule has 0 bridgehead atoms. The van der Waals surface area contributed by atoms with Gasteiger partial charge in [-0.05, 0) is 60.1 Å². The highest BCUT2D eigenvalue weighted by molar-refractivity contribution is 7.71. The first-order valence-corrected chi connectivity index (χ1v) is 10.7. The Morgan fingerprint density at radius 3 is 2.29 bits per heavy atom. The lowest BCUT2D eigenvalue weighted by Crippen LogP contribution is -2.30. The molecule has 1 amide bonds. The van der Waals surface area contributed by atoms with Crippen LogP contribution in [-0.2, 0) is 11.3 Å². The molecule has 31 heavy (non-hydrogen) atoms. The number of carbonyl (C=O) groups is 1. The number of aromatic nitrogens is 3. The van der Waals surface area contributed by atoms with E-state index in [1.807, 2.05) is 49.4 Å². The molecule has 0 fully saturated rings. The van der Waals surface area contributed by atoms with E-state index >= 15 is 0 Å². The van der Waals surface area contributed by atoms with Crippen LogP contribution in [0.15, 0.2) is 78.9 Å². The van der Waals surface area contributed by atoms with E-state index in [-0.39, 0.29) is 18.5 Å². The molecule has 4 aromatic rings. The zero-order valence-electron chi connectivity index (χ0n) is 16.9. The molecular formula is C24H21ClN4OS. The normalized spacial score (nSPS) is 11.8. The Hall–Kier alpha value is -3.22. The lowest BCUT2D eigenvalue weighted by molar-refractivity contribution is -0.122. The van der Waals surface area contributed by atoms with Gasteiger partial charge in [-0.3, -0.25) is 14.5 Å². The second kappa shape index (κ2) is 9.29. The number of hydrogen-bond donors (Lipinski definition) is 2. The molecule has 1 aromatic heterocycles. The summed E-state index contributed by atoms with van der Waals surface area (Å²) in [6.07, 6.45) is 0. The molecule has 0 spiro atoms. The number of hydrogen-bond acceptors (Lipinski definition) is 3. The molecule has 0 aliphatic heterocycles. The second-order valence-electron chi connectivity index (χ2n) is 7.22. The number of nitrogens with one attached hydrogen (secondary N) is 2. The summed E-state index contributed by atoms with van der Waals surface area (Å²) in [6, 6.07) is 25.5. The van der Waals surface area contributed by atoms with Crippen LogP contribution in [0, 0.1) is 4.77 Å². The van der Waals surface area contributed by atoms with Gasteiger partial charge in [-0.1, -0.05) is 66.2 Å². The maximum Gasteiger partial charge on any atom is 0.240 e. The van der Waals surface area contributed by atoms with Crippen LogP contribution < -0.4 is 5.32 Å². The molecule has 3 aromatic carbocycles. The van der Waals surface area contributed by atoms with E-state index in [2.05, 4.69) is 39.8 Å². The van der Waals surface area contributed by atoms with Gasteiger partial charge in [0.05, 0.1) is 6.04 Å². The largest absolute Gasteiger partial charge is 0.348 e. The number of carbonyl (C=O) groups excluding carboxylic acids is 1. The molecule has 5 nitrogen and oxygen atoms in total. The van der Waals surface area contributed by atoms with Crippen LogP contribution >= 0.6 is 23.8 Å². The number of benzene rings is 3. The predicted octanol–water partition coefficient (Wildman–Crippen LogP) is 5.81. The molecule has 1 atom stereocenters. The zero-order chi connectivity index (χ0) is 21.8. The molecule has 156 valence electrons. The SMILES string of the molecule is CC(NC(=O)Cn1c(-c2ccc(Cl)cc2)n[nH]c1=S)c1ccc(-c2ccccc2)cc1. The van der Waals surface area contributed by atoms with Crippen LogP contribution in [0.2, 0.25) is 5.02 Å². The molecule has 0 saturated carbocycles. The lowest BCUT2D eigenvalue weighted by atomic mass is 10.0. The summed E-state index contributed by atoms with van der Waals surface area (Å²) < 4.78 is 2.07. The van der Waals surface area contributed by atoms with Gasteiger partial charge in [-0.25, -0.2) is 0 Å². The van der Waals surface area contributed by atoms with Crippen molar-refractivity contribution in [1.82, 2.24) is 20.1 Å². The summed E-state index contributed by atoms with van der Waals surface area (Å²) in [7, 11) is 0. The van der Waals surface area contributed by atoms with E-state index in [1.165, 1.54) is 0 Å². The molecule has 1 unspecified atom stereocenters. The van der Waals surface area contributed by atoms with Crippen LogP contribution in [0.25, 0.3) is 22.5 Å². The number of aromatic amines is 1. The molecule has 4 rings (SSSR count). The fourth-order valence-electron chi connectivity index (χ4n) is 3.39. The number of amides is 1. The first-order chi connectivity index (χ1) is 15.0. The summed E-state index contributed by atoms with van der Waals surface area (Å²) in [5.74, 6) is 0.448. The molecule has 1 heterocycles. The maximum absolute atomic E-state index is 12.7. The molecule has 0 saturated heterocycles. The van der Waals surface area contributed by atoms with Gasteiger partial charge in [0, 0.05) is 10.6 Å². The molecule has 0 aliphatic rings. The standard InChI is InChI=1S/C24H21ClN4OS/c1-16(17-7-9-19(10-8-17)18-5-3-2-4-6-18)26-22(30)15-29-23(27-28-24(29)31)20-11-13-21(25)14-12-20/h2-14,16H,15H2,1H3,(H,26,30)(H,28,31). The van der Waals surface area contributed by atoms with Crippen molar-refractivity contribution < 1.29 is 4.79 Å². The topological polar surface area (TPSA) is 62.7 Å². The van der Waals surface area contributed by atoms with Crippen molar-refractivity contribution in [3.8, 4) is 22.5 Å². The maximum atomic E-state index is 12.7. The third-order valence-electron chi connectivity index (χ3n) is 5.06. The zero-order valence-corrected chi connectivity index (χ0v) is 18.5. The van der Waals surface area contributed by atoms with E-state index in [0.717, 1.165) is 22.3 Å². The summed E-state index contributed by atoms with van der Waals surface area (Å²) in [4.78, 5) is 12.7.